The Kier molecular flexibility index (Phi) is 12.0. The molecule has 0 saturated carbocycles. The second-order valence-electron chi connectivity index (χ2n) is 12.3. The van der Waals surface area contributed by atoms with Gasteiger partial charge < -0.3 is 20.0 Å². The summed E-state index contributed by atoms with van der Waals surface area (Å²) in [5.74, 6) is -2.60. The molecule has 1 unspecified atom stereocenters. The van der Waals surface area contributed by atoms with Gasteiger partial charge in [-0.25, -0.2) is 4.98 Å². The molecule has 0 spiro atoms. The number of aromatic nitrogens is 1. The molecule has 53 heavy (non-hydrogen) atoms. The first-order valence-electron chi connectivity index (χ1n) is 17.0. The fourth-order valence-corrected chi connectivity index (χ4v) is 6.58. The third kappa shape index (κ3) is 9.18. The largest absolute Gasteiger partial charge is 0.434 e. The number of anilines is 2. The molecule has 1 atom stereocenters. The maximum Gasteiger partial charge on any atom is 0.265 e. The molecule has 4 aromatic carbocycles. The van der Waals surface area contributed by atoms with Crippen molar-refractivity contribution < 1.29 is 28.4 Å². The van der Waals surface area contributed by atoms with Gasteiger partial charge in [-0.1, -0.05) is 102 Å². The van der Waals surface area contributed by atoms with E-state index in [2.05, 4.69) is 15.6 Å². The van der Waals surface area contributed by atoms with Crippen LogP contribution in [0.5, 0.6) is 0 Å². The number of carbonyl (C=O) groups is 5. The summed E-state index contributed by atoms with van der Waals surface area (Å²) < 4.78 is 5.61. The Labute approximate surface area is 315 Å². The van der Waals surface area contributed by atoms with Gasteiger partial charge in [-0.3, -0.25) is 28.9 Å². The summed E-state index contributed by atoms with van der Waals surface area (Å²) in [4.78, 5) is 74.4. The van der Waals surface area contributed by atoms with E-state index in [0.29, 0.717) is 39.8 Å². The van der Waals surface area contributed by atoms with Gasteiger partial charge >= 0.3 is 0 Å². The Morgan fingerprint density at radius 2 is 1.36 bits per heavy atom. The summed E-state index contributed by atoms with van der Waals surface area (Å²) >= 11 is 12.5. The summed E-state index contributed by atoms with van der Waals surface area (Å²) in [5.41, 5.74) is 3.03. The molecule has 0 aliphatic carbocycles. The lowest BCUT2D eigenvalue weighted by Crippen LogP contribution is -2.54. The van der Waals surface area contributed by atoms with Crippen LogP contribution in [0.3, 0.4) is 0 Å². The molecule has 0 fully saturated rings. The monoisotopic (exact) mass is 751 g/mol. The maximum atomic E-state index is 14.2. The summed E-state index contributed by atoms with van der Waals surface area (Å²) in [5, 5.41) is 5.98. The Hall–Kier alpha value is -5.78. The number of Topliss-reactive ketones (excluding diaryl/α,β-unsaturated/α-hetero) is 1. The van der Waals surface area contributed by atoms with Crippen LogP contribution in [0.2, 0.25) is 10.0 Å². The van der Waals surface area contributed by atoms with E-state index in [9.17, 15) is 24.0 Å². The second-order valence-corrected chi connectivity index (χ2v) is 13.1. The van der Waals surface area contributed by atoms with Crippen molar-refractivity contribution in [1.82, 2.24) is 15.6 Å². The number of nitrogens with one attached hydrogen (secondary N) is 2. The van der Waals surface area contributed by atoms with E-state index in [0.717, 1.165) is 11.1 Å². The van der Waals surface area contributed by atoms with Gasteiger partial charge in [0, 0.05) is 12.8 Å². The molecule has 13 heteroatoms. The lowest BCUT2D eigenvalue weighted by Gasteiger charge is -2.25. The number of rotatable bonds is 13. The van der Waals surface area contributed by atoms with Gasteiger partial charge in [0.2, 0.25) is 23.5 Å². The molecule has 5 aromatic rings. The second kappa shape index (κ2) is 17.2. The number of ketones is 1. The summed E-state index contributed by atoms with van der Waals surface area (Å²) in [6.45, 7) is -1.13. The number of benzene rings is 4. The van der Waals surface area contributed by atoms with Gasteiger partial charge in [-0.2, -0.15) is 0 Å². The van der Waals surface area contributed by atoms with Crippen molar-refractivity contribution in [2.45, 2.75) is 31.7 Å². The quantitative estimate of drug-likeness (QED) is 0.139. The van der Waals surface area contributed by atoms with Gasteiger partial charge in [0.05, 0.1) is 46.3 Å². The lowest BCUT2D eigenvalue weighted by molar-refractivity contribution is -0.128. The van der Waals surface area contributed by atoms with Crippen molar-refractivity contribution in [2.24, 2.45) is 0 Å². The molecule has 6 rings (SSSR count). The Morgan fingerprint density at radius 1 is 0.755 bits per heavy atom. The SMILES string of the molecule is O=C(CN1C(=O)C(NC(=O)CCc2ccccc2)CN(C(=O)CCc2ccccc2)c2ccccc21)NCC(=O)c1ncc(-c2c(Cl)cccc2Cl)o1. The molecule has 0 saturated heterocycles. The zero-order chi connectivity index (χ0) is 37.3. The van der Waals surface area contributed by atoms with Gasteiger partial charge in [0.1, 0.15) is 12.6 Å². The highest BCUT2D eigenvalue weighted by Gasteiger charge is 2.37. The van der Waals surface area contributed by atoms with Gasteiger partial charge in [-0.15, -0.1) is 0 Å². The van der Waals surface area contributed by atoms with Crippen molar-refractivity contribution in [2.75, 3.05) is 29.4 Å². The molecule has 1 aliphatic rings. The first kappa shape index (κ1) is 37.0. The number of carbonyl (C=O) groups excluding carboxylic acids is 5. The molecule has 0 radical (unpaired) electrons. The number of oxazole rings is 1. The van der Waals surface area contributed by atoms with Crippen LogP contribution in [0.15, 0.2) is 114 Å². The Bertz CT molecular complexity index is 2100. The van der Waals surface area contributed by atoms with E-state index in [1.54, 1.807) is 42.5 Å². The van der Waals surface area contributed by atoms with Crippen LogP contribution in [0, 0.1) is 0 Å². The standard InChI is InChI=1S/C40H35Cl2N5O6/c41-28-14-9-15-29(42)38(28)34-23-44-39(53-34)33(48)22-43-36(50)25-47-32-17-8-7-16-31(32)46(37(51)21-19-27-12-5-2-6-13-27)24-30(40(47)52)45-35(49)20-18-26-10-3-1-4-11-26/h1-17,23,30H,18-22,24-25H2,(H,43,50)(H,45,49). The number of halogens is 2. The highest BCUT2D eigenvalue weighted by atomic mass is 35.5. The molecule has 1 aromatic heterocycles. The van der Waals surface area contributed by atoms with Crippen LogP contribution >= 0.6 is 23.2 Å². The number of hydrogen-bond donors (Lipinski definition) is 2. The van der Waals surface area contributed by atoms with Crippen LogP contribution < -0.4 is 20.4 Å². The average molecular weight is 753 g/mol. The fraction of sp³-hybridized carbons (Fsp3) is 0.200. The van der Waals surface area contributed by atoms with E-state index in [-0.39, 0.29) is 42.9 Å². The number of nitrogens with zero attached hydrogens (tertiary/aromatic N) is 3. The van der Waals surface area contributed by atoms with Crippen molar-refractivity contribution in [3.8, 4) is 11.3 Å². The van der Waals surface area contributed by atoms with E-state index >= 15 is 0 Å². The van der Waals surface area contributed by atoms with Crippen molar-refractivity contribution in [3.05, 3.63) is 136 Å². The highest BCUT2D eigenvalue weighted by Crippen LogP contribution is 2.35. The van der Waals surface area contributed by atoms with Gasteiger partial charge in [-0.05, 0) is 48.2 Å². The molecule has 2 heterocycles. The number of hydrogen-bond acceptors (Lipinski definition) is 7. The number of para-hydroxylation sites is 2. The first-order valence-corrected chi connectivity index (χ1v) is 17.7. The predicted molar refractivity (Wildman–Crippen MR) is 202 cm³/mol. The van der Waals surface area contributed by atoms with Crippen LogP contribution in [0.4, 0.5) is 11.4 Å². The van der Waals surface area contributed by atoms with Gasteiger partial charge in [0.25, 0.3) is 11.8 Å². The first-order chi connectivity index (χ1) is 25.7. The molecule has 4 amide bonds. The number of amides is 4. The molecule has 2 N–H and O–H groups in total. The third-order valence-electron chi connectivity index (χ3n) is 8.68. The summed E-state index contributed by atoms with van der Waals surface area (Å²) in [6.07, 6.45) is 2.49. The van der Waals surface area contributed by atoms with Crippen molar-refractivity contribution >= 4 is 64.0 Å². The molecule has 270 valence electrons. The maximum absolute atomic E-state index is 14.2. The zero-order valence-corrected chi connectivity index (χ0v) is 30.0. The van der Waals surface area contributed by atoms with Crippen LogP contribution in [-0.4, -0.2) is 60.1 Å². The van der Waals surface area contributed by atoms with E-state index < -0.39 is 36.7 Å². The third-order valence-corrected chi connectivity index (χ3v) is 9.31. The topological polar surface area (TPSA) is 142 Å². The number of aryl methyl sites for hydroxylation is 2. The minimum absolute atomic E-state index is 0.108. The van der Waals surface area contributed by atoms with Crippen LogP contribution in [0.25, 0.3) is 11.3 Å². The Balaban J connectivity index is 1.19. The van der Waals surface area contributed by atoms with Crippen molar-refractivity contribution in [1.29, 1.82) is 0 Å². The van der Waals surface area contributed by atoms with E-state index in [1.807, 2.05) is 60.7 Å². The van der Waals surface area contributed by atoms with Crippen LogP contribution in [-0.2, 0) is 32.0 Å². The van der Waals surface area contributed by atoms with E-state index in [4.69, 9.17) is 27.6 Å². The van der Waals surface area contributed by atoms with Gasteiger partial charge in [0.15, 0.2) is 5.76 Å². The lowest BCUT2D eigenvalue weighted by atomic mass is 10.1. The smallest absolute Gasteiger partial charge is 0.265 e. The zero-order valence-electron chi connectivity index (χ0n) is 28.5. The number of fused-ring (bicyclic) bond motifs is 1. The minimum atomic E-state index is -1.16. The average Bonchev–Trinajstić information content (AvgIpc) is 3.62. The van der Waals surface area contributed by atoms with Crippen molar-refractivity contribution in [3.63, 3.8) is 0 Å². The molecule has 11 nitrogen and oxygen atoms in total. The highest BCUT2D eigenvalue weighted by molar-refractivity contribution is 6.39. The normalized spacial score (nSPS) is 13.9. The molecule has 0 bridgehead atoms. The minimum Gasteiger partial charge on any atom is -0.434 e. The summed E-state index contributed by atoms with van der Waals surface area (Å²) in [6, 6.07) is 29.5. The molecular formula is C40H35Cl2N5O6. The Morgan fingerprint density at radius 3 is 2.02 bits per heavy atom. The predicted octanol–water partition coefficient (Wildman–Crippen LogP) is 6.08. The van der Waals surface area contributed by atoms with E-state index in [1.165, 1.54) is 16.0 Å². The molecular weight excluding hydrogens is 717 g/mol. The molecule has 1 aliphatic heterocycles. The fourth-order valence-electron chi connectivity index (χ4n) is 6.00. The van der Waals surface area contributed by atoms with Crippen LogP contribution in [0.1, 0.15) is 34.7 Å². The summed E-state index contributed by atoms with van der Waals surface area (Å²) in [7, 11) is 0.